The van der Waals surface area contributed by atoms with Crippen molar-refractivity contribution in [1.29, 1.82) is 0 Å². The van der Waals surface area contributed by atoms with Gasteiger partial charge in [0.05, 0.1) is 23.4 Å². The minimum atomic E-state index is -0.805. The first kappa shape index (κ1) is 25.3. The molecule has 0 spiro atoms. The molecule has 38 heavy (non-hydrogen) atoms. The summed E-state index contributed by atoms with van der Waals surface area (Å²) in [5.41, 5.74) is 5.32. The topological polar surface area (TPSA) is 92.5 Å². The molecule has 3 aromatic rings. The second kappa shape index (κ2) is 11.0. The highest BCUT2D eigenvalue weighted by molar-refractivity contribution is 5.90. The van der Waals surface area contributed by atoms with E-state index in [2.05, 4.69) is 28.2 Å². The average Bonchev–Trinajstić information content (AvgIpc) is 3.19. The fourth-order valence-corrected chi connectivity index (χ4v) is 6.11. The van der Waals surface area contributed by atoms with E-state index in [-0.39, 0.29) is 6.10 Å². The lowest BCUT2D eigenvalue weighted by Crippen LogP contribution is -2.55. The third-order valence-electron chi connectivity index (χ3n) is 8.52. The molecule has 8 nitrogen and oxygen atoms in total. The standard InChI is InChI=1S/C30H39N5O3/c1-20-25-12-6-13-26(27(25)35(33-20)23-10-5-11-23)28(30(36)37)34-18-24(19-34)38-17-4-2-3-9-22-15-14-21-8-7-16-31-29(21)32-22/h6,12-15,23-24,28H,2-5,7-11,16-19H2,1H3,(H,31,32)(H,36,37). The second-order valence-electron chi connectivity index (χ2n) is 11.2. The molecule has 8 heteroatoms. The van der Waals surface area contributed by atoms with Gasteiger partial charge in [-0.2, -0.15) is 5.10 Å². The number of fused-ring (bicyclic) bond motifs is 2. The number of unbranched alkanes of at least 4 members (excludes halogenated alkanes) is 2. The van der Waals surface area contributed by atoms with Crippen LogP contribution >= 0.6 is 0 Å². The fourth-order valence-electron chi connectivity index (χ4n) is 6.11. The number of aromatic nitrogens is 3. The van der Waals surface area contributed by atoms with Crippen molar-refractivity contribution in [1.82, 2.24) is 19.7 Å². The number of aryl methyl sites for hydroxylation is 3. The van der Waals surface area contributed by atoms with Gasteiger partial charge in [0.25, 0.3) is 0 Å². The zero-order chi connectivity index (χ0) is 26.1. The van der Waals surface area contributed by atoms with Gasteiger partial charge in [0.2, 0.25) is 0 Å². The fraction of sp³-hybridized carbons (Fsp3) is 0.567. The third kappa shape index (κ3) is 5.04. The highest BCUT2D eigenvalue weighted by Gasteiger charge is 2.39. The smallest absolute Gasteiger partial charge is 0.325 e. The number of anilines is 1. The molecule has 1 aromatic carbocycles. The number of hydrogen-bond donors (Lipinski definition) is 2. The summed E-state index contributed by atoms with van der Waals surface area (Å²) < 4.78 is 8.20. The van der Waals surface area contributed by atoms with Gasteiger partial charge in [0.1, 0.15) is 11.9 Å². The van der Waals surface area contributed by atoms with Crippen LogP contribution < -0.4 is 5.32 Å². The lowest BCUT2D eigenvalue weighted by molar-refractivity contribution is -0.150. The van der Waals surface area contributed by atoms with Crippen molar-refractivity contribution in [3.8, 4) is 0 Å². The van der Waals surface area contributed by atoms with Crippen molar-refractivity contribution in [2.75, 3.05) is 31.6 Å². The van der Waals surface area contributed by atoms with Gasteiger partial charge in [-0.1, -0.05) is 30.7 Å². The van der Waals surface area contributed by atoms with Crippen LogP contribution in [-0.4, -0.2) is 63.1 Å². The zero-order valence-electron chi connectivity index (χ0n) is 22.4. The Morgan fingerprint density at radius 3 is 2.82 bits per heavy atom. The van der Waals surface area contributed by atoms with Gasteiger partial charge in [-0.05, 0) is 69.9 Å². The number of carboxylic acids is 1. The van der Waals surface area contributed by atoms with E-state index in [1.165, 1.54) is 18.4 Å². The number of rotatable bonds is 11. The molecule has 1 atom stereocenters. The Bertz CT molecular complexity index is 1290. The van der Waals surface area contributed by atoms with Crippen molar-refractivity contribution in [3.05, 3.63) is 52.8 Å². The third-order valence-corrected chi connectivity index (χ3v) is 8.52. The van der Waals surface area contributed by atoms with Crippen molar-refractivity contribution in [2.24, 2.45) is 0 Å². The molecular formula is C30H39N5O3. The number of hydrogen-bond acceptors (Lipinski definition) is 6. The molecule has 0 radical (unpaired) electrons. The Hall–Kier alpha value is -2.97. The quantitative estimate of drug-likeness (QED) is 0.343. The summed E-state index contributed by atoms with van der Waals surface area (Å²) in [5, 5.41) is 19.5. The first-order chi connectivity index (χ1) is 18.6. The summed E-state index contributed by atoms with van der Waals surface area (Å²) in [4.78, 5) is 19.3. The van der Waals surface area contributed by atoms with Crippen LogP contribution in [0.3, 0.4) is 0 Å². The Morgan fingerprint density at radius 2 is 2.03 bits per heavy atom. The van der Waals surface area contributed by atoms with Gasteiger partial charge in [-0.15, -0.1) is 0 Å². The van der Waals surface area contributed by atoms with Crippen molar-refractivity contribution < 1.29 is 14.6 Å². The first-order valence-electron chi connectivity index (χ1n) is 14.4. The maximum Gasteiger partial charge on any atom is 0.325 e. The summed E-state index contributed by atoms with van der Waals surface area (Å²) in [6.07, 6.45) is 10.1. The normalized spacial score (nSPS) is 19.0. The van der Waals surface area contributed by atoms with E-state index in [9.17, 15) is 9.90 Å². The molecule has 1 aliphatic carbocycles. The molecule has 1 saturated carbocycles. The maximum absolute atomic E-state index is 12.5. The molecule has 2 aromatic heterocycles. The Kier molecular flexibility index (Phi) is 7.34. The lowest BCUT2D eigenvalue weighted by Gasteiger charge is -2.42. The minimum absolute atomic E-state index is 0.0997. The Balaban J connectivity index is 0.989. The van der Waals surface area contributed by atoms with Crippen LogP contribution in [0.2, 0.25) is 0 Å². The summed E-state index contributed by atoms with van der Waals surface area (Å²) >= 11 is 0. The number of pyridine rings is 1. The van der Waals surface area contributed by atoms with Crippen LogP contribution in [-0.2, 0) is 22.4 Å². The number of carboxylic acid groups (broad SMARTS) is 1. The van der Waals surface area contributed by atoms with Crippen molar-refractivity contribution in [2.45, 2.75) is 82.9 Å². The Morgan fingerprint density at radius 1 is 1.16 bits per heavy atom. The van der Waals surface area contributed by atoms with Crippen molar-refractivity contribution in [3.63, 3.8) is 0 Å². The van der Waals surface area contributed by atoms with Crippen LogP contribution in [0.5, 0.6) is 0 Å². The summed E-state index contributed by atoms with van der Waals surface area (Å²) in [6.45, 7) is 5.06. The predicted molar refractivity (Wildman–Crippen MR) is 148 cm³/mol. The van der Waals surface area contributed by atoms with Crippen LogP contribution in [0, 0.1) is 6.92 Å². The molecule has 4 heterocycles. The number of nitrogens with one attached hydrogen (secondary N) is 1. The van der Waals surface area contributed by atoms with E-state index in [4.69, 9.17) is 14.8 Å². The molecule has 2 fully saturated rings. The van der Waals surface area contributed by atoms with Crippen LogP contribution in [0.25, 0.3) is 10.9 Å². The van der Waals surface area contributed by atoms with Crippen LogP contribution in [0.15, 0.2) is 30.3 Å². The molecule has 1 saturated heterocycles. The van der Waals surface area contributed by atoms with E-state index >= 15 is 0 Å². The van der Waals surface area contributed by atoms with Crippen LogP contribution in [0.4, 0.5) is 5.82 Å². The van der Waals surface area contributed by atoms with E-state index in [1.807, 2.05) is 24.0 Å². The number of benzene rings is 1. The summed E-state index contributed by atoms with van der Waals surface area (Å²) in [5.74, 6) is 0.270. The predicted octanol–water partition coefficient (Wildman–Crippen LogP) is 5.06. The van der Waals surface area contributed by atoms with Gasteiger partial charge in [0, 0.05) is 42.9 Å². The molecule has 3 aliphatic rings. The molecule has 0 amide bonds. The number of para-hydroxylation sites is 1. The number of nitrogens with zero attached hydrogens (tertiary/aromatic N) is 4. The van der Waals surface area contributed by atoms with Gasteiger partial charge in [0.15, 0.2) is 0 Å². The van der Waals surface area contributed by atoms with E-state index < -0.39 is 12.0 Å². The van der Waals surface area contributed by atoms with Gasteiger partial charge in [-0.3, -0.25) is 14.4 Å². The average molecular weight is 518 g/mol. The minimum Gasteiger partial charge on any atom is -0.480 e. The Labute approximate surface area is 224 Å². The van der Waals surface area contributed by atoms with Crippen molar-refractivity contribution >= 4 is 22.7 Å². The zero-order valence-corrected chi connectivity index (χ0v) is 22.4. The number of aliphatic carboxylic acids is 1. The van der Waals surface area contributed by atoms with E-state index in [1.54, 1.807) is 0 Å². The van der Waals surface area contributed by atoms with E-state index in [0.29, 0.717) is 19.1 Å². The summed E-state index contributed by atoms with van der Waals surface area (Å²) in [6, 6.07) is 10.1. The van der Waals surface area contributed by atoms with Gasteiger partial charge < -0.3 is 15.2 Å². The van der Waals surface area contributed by atoms with Gasteiger partial charge in [-0.25, -0.2) is 4.98 Å². The highest BCUT2D eigenvalue weighted by Crippen LogP contribution is 2.39. The number of ether oxygens (including phenoxy) is 1. The largest absolute Gasteiger partial charge is 0.480 e. The highest BCUT2D eigenvalue weighted by atomic mass is 16.5. The number of carbonyl (C=O) groups is 1. The molecule has 0 bridgehead atoms. The monoisotopic (exact) mass is 517 g/mol. The molecule has 2 aliphatic heterocycles. The van der Waals surface area contributed by atoms with E-state index in [0.717, 1.165) is 91.8 Å². The maximum atomic E-state index is 12.5. The first-order valence-corrected chi connectivity index (χ1v) is 14.4. The van der Waals surface area contributed by atoms with Crippen LogP contribution in [0.1, 0.15) is 79.5 Å². The lowest BCUT2D eigenvalue weighted by atomic mass is 9.92. The molecule has 202 valence electrons. The number of likely N-dealkylation sites (tertiary alicyclic amines) is 1. The SMILES string of the molecule is Cc1nn(C2CCC2)c2c(C(C(=O)O)N3CC(OCCCCCc4ccc5c(n4)NCCC5)C3)cccc12. The molecule has 1 unspecified atom stereocenters. The second-order valence-corrected chi connectivity index (χ2v) is 11.2. The summed E-state index contributed by atoms with van der Waals surface area (Å²) in [7, 11) is 0. The molecule has 2 N–H and O–H groups in total. The molecular weight excluding hydrogens is 478 g/mol. The molecule has 6 rings (SSSR count). The van der Waals surface area contributed by atoms with Gasteiger partial charge >= 0.3 is 5.97 Å².